The van der Waals surface area contributed by atoms with Crippen molar-refractivity contribution in [2.24, 2.45) is 5.92 Å². The van der Waals surface area contributed by atoms with E-state index in [-0.39, 0.29) is 6.04 Å². The minimum atomic E-state index is 0.283. The Labute approximate surface area is 134 Å². The van der Waals surface area contributed by atoms with E-state index in [0.717, 1.165) is 21.6 Å². The summed E-state index contributed by atoms with van der Waals surface area (Å²) in [7, 11) is 0. The first kappa shape index (κ1) is 15.4. The lowest BCUT2D eigenvalue weighted by molar-refractivity contribution is 0.531. The Balaban J connectivity index is 2.26. The van der Waals surface area contributed by atoms with Gasteiger partial charge in [-0.1, -0.05) is 61.8 Å². The first-order valence-electron chi connectivity index (χ1n) is 6.83. The van der Waals surface area contributed by atoms with E-state index in [9.17, 15) is 0 Å². The topological polar surface area (TPSA) is 12.0 Å². The average molecular weight is 353 g/mol. The fraction of sp³-hybridized carbons (Fsp3) is 0.294. The van der Waals surface area contributed by atoms with E-state index < -0.39 is 0 Å². The minimum Gasteiger partial charge on any atom is -0.377 e. The smallest absolute Gasteiger partial charge is 0.0593 e. The summed E-state index contributed by atoms with van der Waals surface area (Å²) >= 11 is 9.72. The lowest BCUT2D eigenvalue weighted by Crippen LogP contribution is -2.13. The SMILES string of the molecule is CC(C)CC(Nc1cccc(Cl)c1Br)c1ccccc1. The van der Waals surface area contributed by atoms with Crippen LogP contribution >= 0.6 is 27.5 Å². The fourth-order valence-corrected chi connectivity index (χ4v) is 2.79. The molecule has 0 aliphatic heterocycles. The van der Waals surface area contributed by atoms with Gasteiger partial charge in [-0.05, 0) is 46.0 Å². The van der Waals surface area contributed by atoms with Crippen LogP contribution in [-0.4, -0.2) is 0 Å². The molecule has 0 amide bonds. The standard InChI is InChI=1S/C17H19BrClN/c1-12(2)11-16(13-7-4-3-5-8-13)20-15-10-6-9-14(19)17(15)18/h3-10,12,16,20H,11H2,1-2H3. The Kier molecular flexibility index (Phi) is 5.50. The van der Waals surface area contributed by atoms with E-state index in [1.54, 1.807) is 0 Å². The van der Waals surface area contributed by atoms with Gasteiger partial charge >= 0.3 is 0 Å². The van der Waals surface area contributed by atoms with Gasteiger partial charge in [-0.15, -0.1) is 0 Å². The van der Waals surface area contributed by atoms with E-state index >= 15 is 0 Å². The summed E-state index contributed by atoms with van der Waals surface area (Å²) in [6.07, 6.45) is 1.07. The Hall–Kier alpha value is -0.990. The molecular formula is C17H19BrClN. The van der Waals surface area contributed by atoms with Crippen molar-refractivity contribution in [2.75, 3.05) is 5.32 Å². The zero-order valence-electron chi connectivity index (χ0n) is 11.7. The third-order valence-electron chi connectivity index (χ3n) is 3.19. The summed E-state index contributed by atoms with van der Waals surface area (Å²) in [5.41, 5.74) is 2.33. The van der Waals surface area contributed by atoms with Crippen LogP contribution < -0.4 is 5.32 Å². The Morgan fingerprint density at radius 2 is 1.75 bits per heavy atom. The normalized spacial score (nSPS) is 12.4. The summed E-state index contributed by atoms with van der Waals surface area (Å²) in [6, 6.07) is 16.7. The molecule has 20 heavy (non-hydrogen) atoms. The van der Waals surface area contributed by atoms with Crippen molar-refractivity contribution in [2.45, 2.75) is 26.3 Å². The van der Waals surface area contributed by atoms with E-state index in [4.69, 9.17) is 11.6 Å². The van der Waals surface area contributed by atoms with Gasteiger partial charge in [0.25, 0.3) is 0 Å². The zero-order chi connectivity index (χ0) is 14.5. The summed E-state index contributed by atoms with van der Waals surface area (Å²) in [5.74, 6) is 0.616. The van der Waals surface area contributed by atoms with Crippen LogP contribution in [0.3, 0.4) is 0 Å². The predicted molar refractivity (Wildman–Crippen MR) is 91.4 cm³/mol. The van der Waals surface area contributed by atoms with Crippen LogP contribution in [0.2, 0.25) is 5.02 Å². The molecule has 2 rings (SSSR count). The second-order valence-corrected chi connectivity index (χ2v) is 6.54. The van der Waals surface area contributed by atoms with Gasteiger partial charge in [-0.3, -0.25) is 0 Å². The van der Waals surface area contributed by atoms with E-state index in [2.05, 4.69) is 59.4 Å². The molecule has 0 aliphatic carbocycles. The quantitative estimate of drug-likeness (QED) is 0.665. The van der Waals surface area contributed by atoms with Crippen LogP contribution in [0.15, 0.2) is 53.0 Å². The molecule has 0 bridgehead atoms. The number of nitrogens with one attached hydrogen (secondary N) is 1. The van der Waals surface area contributed by atoms with Crippen LogP contribution in [-0.2, 0) is 0 Å². The number of anilines is 1. The molecule has 0 fully saturated rings. The highest BCUT2D eigenvalue weighted by atomic mass is 79.9. The molecular weight excluding hydrogens is 334 g/mol. The maximum atomic E-state index is 6.16. The molecule has 0 aliphatic rings. The number of halogens is 2. The number of hydrogen-bond acceptors (Lipinski definition) is 1. The molecule has 0 spiro atoms. The molecule has 1 nitrogen and oxygen atoms in total. The molecule has 3 heteroatoms. The van der Waals surface area contributed by atoms with E-state index in [1.807, 2.05) is 24.3 Å². The Morgan fingerprint density at radius 3 is 2.40 bits per heavy atom. The second-order valence-electron chi connectivity index (χ2n) is 5.34. The van der Waals surface area contributed by atoms with Crippen molar-refractivity contribution in [1.29, 1.82) is 0 Å². The first-order chi connectivity index (χ1) is 9.58. The molecule has 2 aromatic rings. The number of benzene rings is 2. The maximum Gasteiger partial charge on any atom is 0.0593 e. The molecule has 0 aromatic heterocycles. The number of rotatable bonds is 5. The van der Waals surface area contributed by atoms with Crippen LogP contribution in [0, 0.1) is 5.92 Å². The molecule has 0 heterocycles. The van der Waals surface area contributed by atoms with E-state index in [1.165, 1.54) is 5.56 Å². The van der Waals surface area contributed by atoms with Gasteiger partial charge in [0.2, 0.25) is 0 Å². The Bertz CT molecular complexity index is 554. The summed E-state index contributed by atoms with van der Waals surface area (Å²) in [4.78, 5) is 0. The molecule has 1 N–H and O–H groups in total. The van der Waals surface area contributed by atoms with E-state index in [0.29, 0.717) is 5.92 Å². The van der Waals surface area contributed by atoms with Crippen molar-refractivity contribution in [3.63, 3.8) is 0 Å². The average Bonchev–Trinajstić information content (AvgIpc) is 2.43. The third-order valence-corrected chi connectivity index (χ3v) is 4.59. The molecule has 0 saturated heterocycles. The van der Waals surface area contributed by atoms with Crippen molar-refractivity contribution >= 4 is 33.2 Å². The lowest BCUT2D eigenvalue weighted by atomic mass is 9.97. The van der Waals surface area contributed by atoms with Crippen molar-refractivity contribution < 1.29 is 0 Å². The van der Waals surface area contributed by atoms with Gasteiger partial charge < -0.3 is 5.32 Å². The highest BCUT2D eigenvalue weighted by Crippen LogP contribution is 2.34. The highest BCUT2D eigenvalue weighted by molar-refractivity contribution is 9.10. The van der Waals surface area contributed by atoms with Crippen molar-refractivity contribution in [3.8, 4) is 0 Å². The lowest BCUT2D eigenvalue weighted by Gasteiger charge is -2.23. The maximum absolute atomic E-state index is 6.16. The highest BCUT2D eigenvalue weighted by Gasteiger charge is 2.15. The van der Waals surface area contributed by atoms with Crippen LogP contribution in [0.25, 0.3) is 0 Å². The van der Waals surface area contributed by atoms with Crippen LogP contribution in [0.1, 0.15) is 31.9 Å². The largest absolute Gasteiger partial charge is 0.377 e. The molecule has 1 unspecified atom stereocenters. The molecule has 2 aromatic carbocycles. The Morgan fingerprint density at radius 1 is 1.05 bits per heavy atom. The van der Waals surface area contributed by atoms with Gasteiger partial charge in [0, 0.05) is 0 Å². The third kappa shape index (κ3) is 4.00. The monoisotopic (exact) mass is 351 g/mol. The second kappa shape index (κ2) is 7.14. The fourth-order valence-electron chi connectivity index (χ4n) is 2.24. The number of hydrogen-bond donors (Lipinski definition) is 1. The molecule has 0 saturated carbocycles. The van der Waals surface area contributed by atoms with Crippen molar-refractivity contribution in [1.82, 2.24) is 0 Å². The molecule has 1 atom stereocenters. The summed E-state index contributed by atoms with van der Waals surface area (Å²) < 4.78 is 0.923. The minimum absolute atomic E-state index is 0.283. The molecule has 106 valence electrons. The van der Waals surface area contributed by atoms with Gasteiger partial charge in [-0.2, -0.15) is 0 Å². The van der Waals surface area contributed by atoms with Gasteiger partial charge in [-0.25, -0.2) is 0 Å². The summed E-state index contributed by atoms with van der Waals surface area (Å²) in [6.45, 7) is 4.48. The zero-order valence-corrected chi connectivity index (χ0v) is 14.1. The van der Waals surface area contributed by atoms with Gasteiger partial charge in [0.1, 0.15) is 0 Å². The summed E-state index contributed by atoms with van der Waals surface area (Å²) in [5, 5.41) is 4.33. The van der Waals surface area contributed by atoms with Crippen LogP contribution in [0.4, 0.5) is 5.69 Å². The predicted octanol–water partition coefficient (Wildman–Crippen LogP) is 6.30. The van der Waals surface area contributed by atoms with Gasteiger partial charge in [0.05, 0.1) is 21.2 Å². The van der Waals surface area contributed by atoms with Gasteiger partial charge in [0.15, 0.2) is 0 Å². The van der Waals surface area contributed by atoms with Crippen LogP contribution in [0.5, 0.6) is 0 Å². The van der Waals surface area contributed by atoms with Crippen molar-refractivity contribution in [3.05, 3.63) is 63.6 Å². The molecule has 0 radical (unpaired) electrons. The first-order valence-corrected chi connectivity index (χ1v) is 8.00.